The fourth-order valence-corrected chi connectivity index (χ4v) is 5.47. The van der Waals surface area contributed by atoms with Crippen LogP contribution < -0.4 is 0 Å². The van der Waals surface area contributed by atoms with Crippen molar-refractivity contribution < 1.29 is 19.2 Å². The van der Waals surface area contributed by atoms with Crippen molar-refractivity contribution in [3.8, 4) is 0 Å². The van der Waals surface area contributed by atoms with Gasteiger partial charge in [0.15, 0.2) is 0 Å². The summed E-state index contributed by atoms with van der Waals surface area (Å²) in [4.78, 5) is 16.7. The molecule has 0 radical (unpaired) electrons. The molecule has 0 amide bonds. The summed E-state index contributed by atoms with van der Waals surface area (Å²) in [5, 5.41) is 21.7. The Labute approximate surface area is 172 Å². The molecule has 7 nitrogen and oxygen atoms in total. The van der Waals surface area contributed by atoms with Gasteiger partial charge in [-0.05, 0) is 43.1 Å². The van der Waals surface area contributed by atoms with Gasteiger partial charge in [0, 0.05) is 34.2 Å². The molecule has 0 spiro atoms. The zero-order valence-corrected chi connectivity index (χ0v) is 17.6. The lowest BCUT2D eigenvalue weighted by atomic mass is 9.73. The highest BCUT2D eigenvalue weighted by Crippen LogP contribution is 2.50. The summed E-state index contributed by atoms with van der Waals surface area (Å²) >= 11 is 3.36. The molecule has 1 aromatic rings. The van der Waals surface area contributed by atoms with Crippen molar-refractivity contribution in [2.45, 2.75) is 44.9 Å². The number of aliphatic hydroxyl groups is 1. The van der Waals surface area contributed by atoms with E-state index in [9.17, 15) is 19.6 Å². The highest BCUT2D eigenvalue weighted by atomic mass is 79.9. The van der Waals surface area contributed by atoms with E-state index in [1.54, 1.807) is 6.07 Å². The third kappa shape index (κ3) is 4.69. The minimum atomic E-state index is -0.952. The number of nitrogens with zero attached hydrogens (tertiary/aromatic N) is 3. The Morgan fingerprint density at radius 1 is 1.46 bits per heavy atom. The summed E-state index contributed by atoms with van der Waals surface area (Å²) in [6.07, 6.45) is 4.12. The normalized spacial score (nSPS) is 26.9. The van der Waals surface area contributed by atoms with E-state index < -0.39 is 18.3 Å². The van der Waals surface area contributed by atoms with Crippen LogP contribution in [0.2, 0.25) is 0 Å². The number of aromatic nitrogens is 1. The van der Waals surface area contributed by atoms with Gasteiger partial charge in [-0.1, -0.05) is 29.3 Å². The second kappa shape index (κ2) is 9.56. The second-order valence-corrected chi connectivity index (χ2v) is 8.65. The van der Waals surface area contributed by atoms with Gasteiger partial charge >= 0.3 is 0 Å². The summed E-state index contributed by atoms with van der Waals surface area (Å²) < 4.78 is 20.6. The van der Waals surface area contributed by atoms with Crippen molar-refractivity contribution in [1.82, 2.24) is 9.88 Å². The Balaban J connectivity index is 1.79. The Bertz CT molecular complexity index is 661. The van der Waals surface area contributed by atoms with Crippen molar-refractivity contribution in [3.63, 3.8) is 0 Å². The molecule has 1 aliphatic carbocycles. The van der Waals surface area contributed by atoms with Gasteiger partial charge in [-0.25, -0.2) is 4.98 Å². The molecular formula is C19H27BrFN3O4. The van der Waals surface area contributed by atoms with Gasteiger partial charge in [0.05, 0.1) is 12.5 Å². The molecule has 9 heteroatoms. The number of nitro groups is 1. The predicted molar refractivity (Wildman–Crippen MR) is 105 cm³/mol. The first-order valence-corrected chi connectivity index (χ1v) is 10.7. The number of fused-ring (bicyclic) bond motifs is 2. The van der Waals surface area contributed by atoms with E-state index in [1.807, 2.05) is 4.90 Å². The maximum Gasteiger partial charge on any atom is 0.217 e. The molecule has 2 fully saturated rings. The molecule has 1 saturated heterocycles. The fraction of sp³-hybridized carbons (Fsp3) is 0.737. The van der Waals surface area contributed by atoms with Crippen molar-refractivity contribution in [3.05, 3.63) is 38.4 Å². The molecule has 28 heavy (non-hydrogen) atoms. The third-order valence-electron chi connectivity index (χ3n) is 6.08. The molecule has 0 aromatic carbocycles. The largest absolute Gasteiger partial charge is 0.356 e. The van der Waals surface area contributed by atoms with Crippen LogP contribution in [0.5, 0.6) is 0 Å². The summed E-state index contributed by atoms with van der Waals surface area (Å²) in [6, 6.07) is 1.63. The zero-order valence-electron chi connectivity index (χ0n) is 16.0. The number of aliphatic hydroxyl groups excluding tert-OH is 1. The van der Waals surface area contributed by atoms with E-state index >= 15 is 0 Å². The average Bonchev–Trinajstić information content (AvgIpc) is 2.89. The first-order chi connectivity index (χ1) is 13.4. The number of hydrogen-bond donors (Lipinski definition) is 1. The minimum absolute atomic E-state index is 0.0144. The molecule has 2 unspecified atom stereocenters. The number of halogens is 2. The van der Waals surface area contributed by atoms with E-state index in [0.29, 0.717) is 29.7 Å². The standard InChI is InChI=1S/C19H27BrFN3O4/c1-2-3-8-28-19(25)23-9-12-4-5-13(10-23)16(12)14(11-24(26)27)17-15(20)6-7-22-18(17)21/h6-7,12-14,16,19,25H,2-5,8-11H2,1H3/t12-,13+,14?,16-,19?. The van der Waals surface area contributed by atoms with Gasteiger partial charge < -0.3 is 9.84 Å². The number of ether oxygens (including phenoxy) is 1. The predicted octanol–water partition coefficient (Wildman–Crippen LogP) is 3.39. The lowest BCUT2D eigenvalue weighted by molar-refractivity contribution is -0.485. The first kappa shape index (κ1) is 21.5. The van der Waals surface area contributed by atoms with Crippen LogP contribution in [0.3, 0.4) is 0 Å². The molecule has 1 aliphatic heterocycles. The van der Waals surface area contributed by atoms with E-state index in [2.05, 4.69) is 27.8 Å². The summed E-state index contributed by atoms with van der Waals surface area (Å²) in [5.41, 5.74) is 0.300. The van der Waals surface area contributed by atoms with Crippen molar-refractivity contribution in [1.29, 1.82) is 0 Å². The van der Waals surface area contributed by atoms with Crippen LogP contribution in [-0.2, 0) is 4.74 Å². The molecule has 2 aliphatic rings. The Morgan fingerprint density at radius 2 is 2.14 bits per heavy atom. The SMILES string of the molecule is CCCCOC(O)N1C[C@H]2CC[C@@H](C1)[C@@H]2C(C[N+](=O)[O-])c1c(Br)ccnc1F. The van der Waals surface area contributed by atoms with Crippen LogP contribution in [0.15, 0.2) is 16.7 Å². The Kier molecular flexibility index (Phi) is 7.36. The number of piperidine rings is 1. The lowest BCUT2D eigenvalue weighted by Gasteiger charge is -2.42. The van der Waals surface area contributed by atoms with Crippen LogP contribution in [0.25, 0.3) is 0 Å². The van der Waals surface area contributed by atoms with Crippen LogP contribution in [-0.4, -0.2) is 52.6 Å². The highest BCUT2D eigenvalue weighted by Gasteiger charge is 2.49. The van der Waals surface area contributed by atoms with Gasteiger partial charge in [0.2, 0.25) is 18.9 Å². The maximum atomic E-state index is 14.5. The van der Waals surface area contributed by atoms with E-state index in [4.69, 9.17) is 4.74 Å². The molecule has 3 rings (SSSR count). The zero-order chi connectivity index (χ0) is 20.3. The van der Waals surface area contributed by atoms with Crippen LogP contribution in [0.4, 0.5) is 4.39 Å². The molecule has 156 valence electrons. The molecule has 5 atom stereocenters. The minimum Gasteiger partial charge on any atom is -0.356 e. The molecule has 1 aromatic heterocycles. The summed E-state index contributed by atoms with van der Waals surface area (Å²) in [5.74, 6) is -0.902. The van der Waals surface area contributed by atoms with Gasteiger partial charge in [-0.2, -0.15) is 4.39 Å². The topological polar surface area (TPSA) is 88.7 Å². The van der Waals surface area contributed by atoms with Gasteiger partial charge in [0.25, 0.3) is 0 Å². The quantitative estimate of drug-likeness (QED) is 0.200. The third-order valence-corrected chi connectivity index (χ3v) is 6.77. The average molecular weight is 460 g/mol. The number of pyridine rings is 1. The molecular weight excluding hydrogens is 433 g/mol. The highest BCUT2D eigenvalue weighted by molar-refractivity contribution is 9.10. The Hall–Kier alpha value is -1.16. The second-order valence-electron chi connectivity index (χ2n) is 7.80. The van der Waals surface area contributed by atoms with Crippen LogP contribution in [0, 0.1) is 33.8 Å². The number of rotatable bonds is 9. The van der Waals surface area contributed by atoms with Gasteiger partial charge in [-0.3, -0.25) is 15.0 Å². The van der Waals surface area contributed by atoms with E-state index in [0.717, 1.165) is 25.7 Å². The molecule has 2 heterocycles. The fourth-order valence-electron chi connectivity index (χ4n) is 4.90. The number of unbranched alkanes of at least 4 members (excludes halogenated alkanes) is 1. The van der Waals surface area contributed by atoms with Gasteiger partial charge in [-0.15, -0.1) is 0 Å². The van der Waals surface area contributed by atoms with Gasteiger partial charge in [0.1, 0.15) is 0 Å². The summed E-state index contributed by atoms with van der Waals surface area (Å²) in [7, 11) is 0. The summed E-state index contributed by atoms with van der Waals surface area (Å²) in [6.45, 7) is 3.44. The lowest BCUT2D eigenvalue weighted by Crippen LogP contribution is -2.50. The molecule has 1 saturated carbocycles. The molecule has 1 N–H and O–H groups in total. The van der Waals surface area contributed by atoms with Crippen molar-refractivity contribution >= 4 is 15.9 Å². The monoisotopic (exact) mass is 459 g/mol. The first-order valence-electron chi connectivity index (χ1n) is 9.87. The maximum absolute atomic E-state index is 14.5. The number of likely N-dealkylation sites (tertiary alicyclic amines) is 1. The van der Waals surface area contributed by atoms with Crippen molar-refractivity contribution in [2.24, 2.45) is 17.8 Å². The number of hydrogen-bond acceptors (Lipinski definition) is 6. The van der Waals surface area contributed by atoms with E-state index in [1.165, 1.54) is 6.20 Å². The van der Waals surface area contributed by atoms with Crippen LogP contribution >= 0.6 is 15.9 Å². The van der Waals surface area contributed by atoms with Crippen LogP contribution in [0.1, 0.15) is 44.1 Å². The smallest absolute Gasteiger partial charge is 0.217 e. The Morgan fingerprint density at radius 3 is 2.71 bits per heavy atom. The van der Waals surface area contributed by atoms with E-state index in [-0.39, 0.29) is 29.2 Å². The molecule has 2 bridgehead atoms. The van der Waals surface area contributed by atoms with Crippen molar-refractivity contribution in [2.75, 3.05) is 26.2 Å².